The van der Waals surface area contributed by atoms with Crippen molar-refractivity contribution in [1.29, 1.82) is 0 Å². The Morgan fingerprint density at radius 2 is 2.20 bits per heavy atom. The highest BCUT2D eigenvalue weighted by Gasteiger charge is 2.11. The van der Waals surface area contributed by atoms with Gasteiger partial charge in [0.15, 0.2) is 5.78 Å². The molecule has 0 amide bonds. The molecule has 0 fully saturated rings. The van der Waals surface area contributed by atoms with Crippen molar-refractivity contribution in [2.24, 2.45) is 14.1 Å². The topological polar surface area (TPSA) is 52.7 Å². The van der Waals surface area contributed by atoms with Gasteiger partial charge in [0.1, 0.15) is 5.69 Å². The van der Waals surface area contributed by atoms with Gasteiger partial charge in [0.2, 0.25) is 0 Å². The summed E-state index contributed by atoms with van der Waals surface area (Å²) in [5.74, 6) is 0.0583. The number of carbonyl (C=O) groups excluding carboxylic acids is 1. The fourth-order valence-electron chi connectivity index (χ4n) is 1.49. The molecule has 0 unspecified atom stereocenters. The van der Waals surface area contributed by atoms with E-state index in [1.807, 2.05) is 13.2 Å². The molecule has 0 aliphatic carbocycles. The zero-order valence-electron chi connectivity index (χ0n) is 8.71. The second-order valence-corrected chi connectivity index (χ2v) is 3.46. The minimum Gasteiger partial charge on any atom is -0.292 e. The van der Waals surface area contributed by atoms with Gasteiger partial charge in [-0.25, -0.2) is 0 Å². The molecule has 0 saturated carbocycles. The summed E-state index contributed by atoms with van der Waals surface area (Å²) in [6, 6.07) is 1.72. The van der Waals surface area contributed by atoms with Crippen LogP contribution in [-0.4, -0.2) is 25.3 Å². The monoisotopic (exact) mass is 204 g/mol. The molecule has 0 aromatic carbocycles. The van der Waals surface area contributed by atoms with Gasteiger partial charge < -0.3 is 0 Å². The number of hydrogen-bond donors (Lipinski definition) is 0. The van der Waals surface area contributed by atoms with Crippen LogP contribution in [0.3, 0.4) is 0 Å². The van der Waals surface area contributed by atoms with Crippen LogP contribution in [-0.2, 0) is 20.5 Å². The number of ketones is 1. The van der Waals surface area contributed by atoms with Crippen LogP contribution in [0.5, 0.6) is 0 Å². The molecule has 2 aromatic heterocycles. The maximum absolute atomic E-state index is 11.8. The van der Waals surface area contributed by atoms with Crippen LogP contribution in [0.15, 0.2) is 24.7 Å². The first-order valence-corrected chi connectivity index (χ1v) is 4.65. The van der Waals surface area contributed by atoms with Crippen LogP contribution >= 0.6 is 0 Å². The third kappa shape index (κ3) is 1.96. The number of carbonyl (C=O) groups is 1. The fraction of sp³-hybridized carbons (Fsp3) is 0.300. The van der Waals surface area contributed by atoms with Crippen LogP contribution in [0.4, 0.5) is 0 Å². The summed E-state index contributed by atoms with van der Waals surface area (Å²) in [6.45, 7) is 0. The summed E-state index contributed by atoms with van der Waals surface area (Å²) in [4.78, 5) is 11.8. The molecule has 0 aliphatic heterocycles. The van der Waals surface area contributed by atoms with Crippen molar-refractivity contribution in [1.82, 2.24) is 19.6 Å². The van der Waals surface area contributed by atoms with E-state index in [4.69, 9.17) is 0 Å². The predicted octanol–water partition coefficient (Wildman–Crippen LogP) is 0.579. The number of hydrogen-bond acceptors (Lipinski definition) is 3. The highest BCUT2D eigenvalue weighted by molar-refractivity contribution is 5.95. The Morgan fingerprint density at radius 3 is 2.73 bits per heavy atom. The lowest BCUT2D eigenvalue weighted by molar-refractivity contribution is 0.0984. The molecule has 15 heavy (non-hydrogen) atoms. The lowest BCUT2D eigenvalue weighted by Crippen LogP contribution is -2.09. The SMILES string of the molecule is Cn1cc(CC(=O)c2ccnn2C)cn1. The summed E-state index contributed by atoms with van der Waals surface area (Å²) in [6.07, 6.45) is 5.53. The normalized spacial score (nSPS) is 10.5. The van der Waals surface area contributed by atoms with E-state index in [-0.39, 0.29) is 5.78 Å². The third-order valence-corrected chi connectivity index (χ3v) is 2.23. The molecule has 0 bridgehead atoms. The first kappa shape index (κ1) is 9.64. The predicted molar refractivity (Wildman–Crippen MR) is 54.5 cm³/mol. The van der Waals surface area contributed by atoms with Crippen LogP contribution in [0.1, 0.15) is 16.1 Å². The minimum atomic E-state index is 0.0583. The van der Waals surface area contributed by atoms with Gasteiger partial charge in [0.05, 0.1) is 6.20 Å². The van der Waals surface area contributed by atoms with E-state index in [0.29, 0.717) is 12.1 Å². The van der Waals surface area contributed by atoms with E-state index in [1.165, 1.54) is 0 Å². The van der Waals surface area contributed by atoms with Crippen molar-refractivity contribution >= 4 is 5.78 Å². The van der Waals surface area contributed by atoms with Crippen molar-refractivity contribution in [3.05, 3.63) is 35.9 Å². The standard InChI is InChI=1S/C10H12N4O/c1-13-7-8(6-12-13)5-10(15)9-3-4-11-14(9)2/h3-4,6-7H,5H2,1-2H3. The van der Waals surface area contributed by atoms with Gasteiger partial charge in [-0.15, -0.1) is 0 Å². The molecule has 2 heterocycles. The molecule has 2 rings (SSSR count). The first-order chi connectivity index (χ1) is 7.16. The maximum Gasteiger partial charge on any atom is 0.185 e. The lowest BCUT2D eigenvalue weighted by Gasteiger charge is -1.98. The summed E-state index contributed by atoms with van der Waals surface area (Å²) in [5, 5.41) is 7.97. The third-order valence-electron chi connectivity index (χ3n) is 2.23. The van der Waals surface area contributed by atoms with Crippen molar-refractivity contribution in [2.75, 3.05) is 0 Å². The average molecular weight is 204 g/mol. The Kier molecular flexibility index (Phi) is 2.37. The molecule has 0 radical (unpaired) electrons. The molecular formula is C10H12N4O. The van der Waals surface area contributed by atoms with Gasteiger partial charge in [-0.05, 0) is 11.6 Å². The first-order valence-electron chi connectivity index (χ1n) is 4.65. The summed E-state index contributed by atoms with van der Waals surface area (Å²) in [7, 11) is 3.59. The number of aryl methyl sites for hydroxylation is 2. The second-order valence-electron chi connectivity index (χ2n) is 3.46. The molecule has 0 atom stereocenters. The highest BCUT2D eigenvalue weighted by atomic mass is 16.1. The molecule has 0 aliphatic rings. The Balaban J connectivity index is 2.14. The van der Waals surface area contributed by atoms with Gasteiger partial charge in [0.25, 0.3) is 0 Å². The summed E-state index contributed by atoms with van der Waals surface area (Å²) < 4.78 is 3.27. The van der Waals surface area contributed by atoms with Crippen molar-refractivity contribution in [3.63, 3.8) is 0 Å². The molecule has 0 saturated heterocycles. The highest BCUT2D eigenvalue weighted by Crippen LogP contribution is 2.05. The summed E-state index contributed by atoms with van der Waals surface area (Å²) in [5.41, 5.74) is 1.54. The van der Waals surface area contributed by atoms with E-state index in [9.17, 15) is 4.79 Å². The number of rotatable bonds is 3. The fourth-order valence-corrected chi connectivity index (χ4v) is 1.49. The largest absolute Gasteiger partial charge is 0.292 e. The van der Waals surface area contributed by atoms with Crippen LogP contribution in [0.2, 0.25) is 0 Å². The zero-order chi connectivity index (χ0) is 10.8. The molecule has 5 heteroatoms. The molecule has 0 spiro atoms. The van der Waals surface area contributed by atoms with Crippen LogP contribution < -0.4 is 0 Å². The lowest BCUT2D eigenvalue weighted by atomic mass is 10.1. The van der Waals surface area contributed by atoms with Crippen molar-refractivity contribution in [2.45, 2.75) is 6.42 Å². The van der Waals surface area contributed by atoms with Crippen LogP contribution in [0, 0.1) is 0 Å². The van der Waals surface area contributed by atoms with E-state index >= 15 is 0 Å². The van der Waals surface area contributed by atoms with Crippen molar-refractivity contribution in [3.8, 4) is 0 Å². The van der Waals surface area contributed by atoms with Crippen molar-refractivity contribution < 1.29 is 4.79 Å². The molecule has 5 nitrogen and oxygen atoms in total. The van der Waals surface area contributed by atoms with Gasteiger partial charge in [-0.2, -0.15) is 10.2 Å². The Morgan fingerprint density at radius 1 is 1.40 bits per heavy atom. The van der Waals surface area contributed by atoms with Crippen LogP contribution in [0.25, 0.3) is 0 Å². The minimum absolute atomic E-state index is 0.0583. The van der Waals surface area contributed by atoms with Gasteiger partial charge >= 0.3 is 0 Å². The molecule has 78 valence electrons. The summed E-state index contributed by atoms with van der Waals surface area (Å²) >= 11 is 0. The van der Waals surface area contributed by atoms with Gasteiger partial charge in [-0.3, -0.25) is 14.2 Å². The smallest absolute Gasteiger partial charge is 0.185 e. The quantitative estimate of drug-likeness (QED) is 0.687. The maximum atomic E-state index is 11.8. The average Bonchev–Trinajstić information content (AvgIpc) is 2.75. The molecule has 2 aromatic rings. The van der Waals surface area contributed by atoms with E-state index in [1.54, 1.807) is 34.9 Å². The Hall–Kier alpha value is -1.91. The zero-order valence-corrected chi connectivity index (χ0v) is 8.71. The molecule has 0 N–H and O–H groups in total. The van der Waals surface area contributed by atoms with Gasteiger partial charge in [-0.1, -0.05) is 0 Å². The number of nitrogens with zero attached hydrogens (tertiary/aromatic N) is 4. The molecular weight excluding hydrogens is 192 g/mol. The Bertz CT molecular complexity index is 483. The number of Topliss-reactive ketones (excluding diaryl/α,β-unsaturated/α-hetero) is 1. The Labute approximate surface area is 87.3 Å². The van der Waals surface area contributed by atoms with E-state index in [2.05, 4.69) is 10.2 Å². The number of aromatic nitrogens is 4. The van der Waals surface area contributed by atoms with E-state index in [0.717, 1.165) is 5.56 Å². The van der Waals surface area contributed by atoms with Gasteiger partial charge in [0, 0.05) is 32.9 Å². The second kappa shape index (κ2) is 3.68. The van der Waals surface area contributed by atoms with E-state index < -0.39 is 0 Å².